The van der Waals surface area contributed by atoms with Gasteiger partial charge in [-0.1, -0.05) is 41.6 Å². The predicted molar refractivity (Wildman–Crippen MR) is 108 cm³/mol. The van der Waals surface area contributed by atoms with Gasteiger partial charge >= 0.3 is 6.18 Å². The third-order valence-corrected chi connectivity index (χ3v) is 5.15. The van der Waals surface area contributed by atoms with E-state index in [1.165, 1.54) is 7.11 Å². The number of hydrogen-bond donors (Lipinski definition) is 1. The minimum absolute atomic E-state index is 0.0104. The molecule has 0 radical (unpaired) electrons. The van der Waals surface area contributed by atoms with Crippen LogP contribution in [0, 0.1) is 0 Å². The van der Waals surface area contributed by atoms with Crippen LogP contribution in [-0.2, 0) is 22.3 Å². The molecule has 0 bridgehead atoms. The van der Waals surface area contributed by atoms with Crippen LogP contribution in [-0.4, -0.2) is 33.5 Å². The second-order valence-corrected chi connectivity index (χ2v) is 7.38. The van der Waals surface area contributed by atoms with Crippen LogP contribution in [0.1, 0.15) is 11.4 Å². The lowest BCUT2D eigenvalue weighted by molar-refractivity contribution is -0.137. The van der Waals surface area contributed by atoms with E-state index >= 15 is 0 Å². The second kappa shape index (κ2) is 9.50. The summed E-state index contributed by atoms with van der Waals surface area (Å²) < 4.78 is 45.6. The highest BCUT2D eigenvalue weighted by Gasteiger charge is 2.31. The molecular weight excluding hydrogens is 441 g/mol. The molecule has 0 aliphatic heterocycles. The molecule has 0 aliphatic rings. The number of amides is 1. The van der Waals surface area contributed by atoms with Gasteiger partial charge in [-0.15, -0.1) is 10.2 Å². The zero-order valence-electron chi connectivity index (χ0n) is 15.6. The van der Waals surface area contributed by atoms with Gasteiger partial charge in [-0.3, -0.25) is 9.36 Å². The van der Waals surface area contributed by atoms with Gasteiger partial charge in [0.25, 0.3) is 0 Å². The van der Waals surface area contributed by atoms with Crippen molar-refractivity contribution in [3.8, 4) is 5.69 Å². The van der Waals surface area contributed by atoms with Crippen LogP contribution >= 0.6 is 23.4 Å². The summed E-state index contributed by atoms with van der Waals surface area (Å²) in [5, 5.41) is 11.0. The number of anilines is 1. The minimum Gasteiger partial charge on any atom is -0.377 e. The number of rotatable bonds is 7. The maximum Gasteiger partial charge on any atom is 0.416 e. The molecule has 11 heteroatoms. The Bertz CT molecular complexity index is 1030. The molecule has 0 atom stereocenters. The van der Waals surface area contributed by atoms with E-state index in [9.17, 15) is 18.0 Å². The Morgan fingerprint density at radius 2 is 1.93 bits per heavy atom. The van der Waals surface area contributed by atoms with Crippen molar-refractivity contribution in [1.29, 1.82) is 0 Å². The third-order valence-electron chi connectivity index (χ3n) is 3.89. The fourth-order valence-electron chi connectivity index (χ4n) is 2.57. The van der Waals surface area contributed by atoms with Crippen LogP contribution < -0.4 is 5.32 Å². The van der Waals surface area contributed by atoms with Crippen molar-refractivity contribution in [3.63, 3.8) is 0 Å². The average molecular weight is 457 g/mol. The molecule has 1 amide bonds. The number of alkyl halides is 3. The van der Waals surface area contributed by atoms with Gasteiger partial charge in [0, 0.05) is 12.8 Å². The minimum atomic E-state index is -4.54. The number of hydrogen-bond acceptors (Lipinski definition) is 5. The van der Waals surface area contributed by atoms with Gasteiger partial charge in [0.05, 0.1) is 22.0 Å². The van der Waals surface area contributed by atoms with Crippen molar-refractivity contribution in [2.24, 2.45) is 0 Å². The zero-order valence-corrected chi connectivity index (χ0v) is 17.2. The van der Waals surface area contributed by atoms with E-state index in [1.54, 1.807) is 4.57 Å². The molecule has 1 heterocycles. The van der Waals surface area contributed by atoms with Crippen molar-refractivity contribution in [1.82, 2.24) is 14.8 Å². The molecule has 1 N–H and O–H groups in total. The number of carbonyl (C=O) groups excluding carboxylic acids is 1. The van der Waals surface area contributed by atoms with E-state index in [4.69, 9.17) is 16.3 Å². The van der Waals surface area contributed by atoms with Gasteiger partial charge in [0.15, 0.2) is 11.0 Å². The van der Waals surface area contributed by atoms with Crippen molar-refractivity contribution in [2.45, 2.75) is 17.9 Å². The SMILES string of the molecule is COCc1nnc(SCC(=O)Nc2cc(C(F)(F)F)ccc2Cl)n1-c1ccccc1. The first-order valence-corrected chi connectivity index (χ1v) is 9.94. The molecule has 158 valence electrons. The molecule has 0 saturated carbocycles. The van der Waals surface area contributed by atoms with E-state index in [2.05, 4.69) is 15.5 Å². The quantitative estimate of drug-likeness (QED) is 0.516. The maximum absolute atomic E-state index is 12.9. The predicted octanol–water partition coefficient (Wildman–Crippen LogP) is 4.82. The Labute approximate surface area is 179 Å². The lowest BCUT2D eigenvalue weighted by atomic mass is 10.2. The van der Waals surface area contributed by atoms with Crippen molar-refractivity contribution in [2.75, 3.05) is 18.2 Å². The molecule has 0 saturated heterocycles. The van der Waals surface area contributed by atoms with E-state index < -0.39 is 17.6 Å². The standard InChI is InChI=1S/C19H16ClF3N4O2S/c1-29-10-16-25-26-18(27(16)13-5-3-2-4-6-13)30-11-17(28)24-15-9-12(19(21,22)23)7-8-14(15)20/h2-9H,10-11H2,1H3,(H,24,28). The first-order chi connectivity index (χ1) is 14.3. The first kappa shape index (κ1) is 22.1. The monoisotopic (exact) mass is 456 g/mol. The molecule has 6 nitrogen and oxygen atoms in total. The summed E-state index contributed by atoms with van der Waals surface area (Å²) in [6, 6.07) is 12.0. The van der Waals surface area contributed by atoms with Gasteiger partial charge in [-0.25, -0.2) is 0 Å². The molecule has 30 heavy (non-hydrogen) atoms. The van der Waals surface area contributed by atoms with Gasteiger partial charge in [0.2, 0.25) is 5.91 Å². The summed E-state index contributed by atoms with van der Waals surface area (Å²) in [5.74, 6) is -0.0884. The molecule has 1 aromatic heterocycles. The highest BCUT2D eigenvalue weighted by Crippen LogP contribution is 2.34. The lowest BCUT2D eigenvalue weighted by Gasteiger charge is -2.12. The molecule has 3 aromatic rings. The van der Waals surface area contributed by atoms with Crippen molar-refractivity contribution in [3.05, 3.63) is 64.9 Å². The van der Waals surface area contributed by atoms with Crippen LogP contribution in [0.5, 0.6) is 0 Å². The molecular formula is C19H16ClF3N4O2S. The Hall–Kier alpha value is -2.56. The Balaban J connectivity index is 1.74. The van der Waals surface area contributed by atoms with Crippen LogP contribution in [0.2, 0.25) is 5.02 Å². The summed E-state index contributed by atoms with van der Waals surface area (Å²) >= 11 is 7.01. The number of thioether (sulfide) groups is 1. The summed E-state index contributed by atoms with van der Waals surface area (Å²) in [6.07, 6.45) is -4.54. The highest BCUT2D eigenvalue weighted by atomic mass is 35.5. The van der Waals surface area contributed by atoms with Gasteiger partial charge in [0.1, 0.15) is 6.61 Å². The first-order valence-electron chi connectivity index (χ1n) is 8.57. The number of nitrogens with one attached hydrogen (secondary N) is 1. The number of para-hydroxylation sites is 1. The van der Waals surface area contributed by atoms with Gasteiger partial charge in [-0.05, 0) is 30.3 Å². The fourth-order valence-corrected chi connectivity index (χ4v) is 3.50. The van der Waals surface area contributed by atoms with Crippen molar-refractivity contribution >= 4 is 35.0 Å². The normalized spacial score (nSPS) is 11.5. The van der Waals surface area contributed by atoms with Gasteiger partial charge < -0.3 is 10.1 Å². The van der Waals surface area contributed by atoms with E-state index in [-0.39, 0.29) is 23.1 Å². The molecule has 0 unspecified atom stereocenters. The number of nitrogens with zero attached hydrogens (tertiary/aromatic N) is 3. The topological polar surface area (TPSA) is 69.0 Å². The summed E-state index contributed by atoms with van der Waals surface area (Å²) in [5.41, 5.74) is -0.219. The van der Waals surface area contributed by atoms with E-state index in [0.29, 0.717) is 11.0 Å². The fraction of sp³-hybridized carbons (Fsp3) is 0.211. The Morgan fingerprint density at radius 1 is 1.20 bits per heavy atom. The number of aromatic nitrogens is 3. The van der Waals surface area contributed by atoms with E-state index in [0.717, 1.165) is 35.6 Å². The molecule has 0 fully saturated rings. The summed E-state index contributed by atoms with van der Waals surface area (Å²) in [4.78, 5) is 12.3. The number of carbonyl (C=O) groups is 1. The van der Waals surface area contributed by atoms with Crippen LogP contribution in [0.4, 0.5) is 18.9 Å². The second-order valence-electron chi connectivity index (χ2n) is 6.03. The molecule has 0 spiro atoms. The Morgan fingerprint density at radius 3 is 2.60 bits per heavy atom. The maximum atomic E-state index is 12.9. The van der Waals surface area contributed by atoms with Crippen LogP contribution in [0.25, 0.3) is 5.69 Å². The molecule has 0 aliphatic carbocycles. The lowest BCUT2D eigenvalue weighted by Crippen LogP contribution is -2.16. The summed E-state index contributed by atoms with van der Waals surface area (Å²) in [7, 11) is 1.53. The van der Waals surface area contributed by atoms with Gasteiger partial charge in [-0.2, -0.15) is 13.2 Å². The number of methoxy groups -OCH3 is 1. The summed E-state index contributed by atoms with van der Waals surface area (Å²) in [6.45, 7) is 0.217. The van der Waals surface area contributed by atoms with E-state index in [1.807, 2.05) is 30.3 Å². The number of ether oxygens (including phenoxy) is 1. The molecule has 3 rings (SSSR count). The number of benzene rings is 2. The largest absolute Gasteiger partial charge is 0.416 e. The highest BCUT2D eigenvalue weighted by molar-refractivity contribution is 7.99. The van der Waals surface area contributed by atoms with Crippen LogP contribution in [0.3, 0.4) is 0 Å². The average Bonchev–Trinajstić information content (AvgIpc) is 3.11. The smallest absolute Gasteiger partial charge is 0.377 e. The number of halogens is 4. The van der Waals surface area contributed by atoms with Crippen LogP contribution in [0.15, 0.2) is 53.7 Å². The molecule has 2 aromatic carbocycles. The van der Waals surface area contributed by atoms with Crippen molar-refractivity contribution < 1.29 is 22.7 Å². The zero-order chi connectivity index (χ0) is 21.7. The Kier molecular flexibility index (Phi) is 7.01. The third kappa shape index (κ3) is 5.32.